The van der Waals surface area contributed by atoms with Gasteiger partial charge in [-0.15, -0.1) is 11.3 Å². The van der Waals surface area contributed by atoms with Gasteiger partial charge in [-0.2, -0.15) is 0 Å². The van der Waals surface area contributed by atoms with Gasteiger partial charge in [-0.1, -0.05) is 38.8 Å². The SMILES string of the molecule is CC(C)N1CCC(NC(=O)c2cc3c(Br)cccc3n2CCc2cc(-c3ccc(Cl)s3)on2)CC1. The molecule has 1 fully saturated rings. The Labute approximate surface area is 222 Å². The molecular formula is C26H28BrClN4O2S. The monoisotopic (exact) mass is 574 g/mol. The van der Waals surface area contributed by atoms with Crippen molar-refractivity contribution in [3.8, 4) is 10.6 Å². The van der Waals surface area contributed by atoms with E-state index in [-0.39, 0.29) is 11.9 Å². The van der Waals surface area contributed by atoms with Crippen molar-refractivity contribution in [1.82, 2.24) is 19.9 Å². The molecule has 6 nitrogen and oxygen atoms in total. The molecule has 1 aliphatic heterocycles. The van der Waals surface area contributed by atoms with E-state index in [4.69, 9.17) is 16.1 Å². The molecule has 1 aliphatic rings. The maximum atomic E-state index is 13.4. The second-order valence-electron chi connectivity index (χ2n) is 9.27. The number of benzene rings is 1. The molecule has 0 atom stereocenters. The van der Waals surface area contributed by atoms with Crippen LogP contribution < -0.4 is 5.32 Å². The molecule has 0 radical (unpaired) electrons. The van der Waals surface area contributed by atoms with Gasteiger partial charge in [0.1, 0.15) is 5.69 Å². The highest BCUT2D eigenvalue weighted by molar-refractivity contribution is 9.10. The summed E-state index contributed by atoms with van der Waals surface area (Å²) in [5.74, 6) is 0.688. The number of thiophene rings is 1. The second-order valence-corrected chi connectivity index (χ2v) is 11.8. The molecule has 9 heteroatoms. The molecule has 1 amide bonds. The Balaban J connectivity index is 1.34. The summed E-state index contributed by atoms with van der Waals surface area (Å²) in [4.78, 5) is 16.8. The Bertz CT molecular complexity index is 1340. The molecule has 3 aromatic heterocycles. The molecular weight excluding hydrogens is 548 g/mol. The van der Waals surface area contributed by atoms with Crippen molar-refractivity contribution in [3.05, 3.63) is 62.7 Å². The quantitative estimate of drug-likeness (QED) is 0.269. The highest BCUT2D eigenvalue weighted by Gasteiger charge is 2.24. The smallest absolute Gasteiger partial charge is 0.268 e. The highest BCUT2D eigenvalue weighted by atomic mass is 79.9. The highest BCUT2D eigenvalue weighted by Crippen LogP contribution is 2.32. The standard InChI is InChI=1S/C26H28BrClN4O2S/c1-16(2)31-11-8-17(9-12-31)29-26(33)22-15-19-20(27)4-3-5-21(19)32(22)13-10-18-14-23(34-30-18)24-6-7-25(28)35-24/h3-7,14-17H,8-13H2,1-2H3,(H,29,33). The molecule has 184 valence electrons. The number of carbonyl (C=O) groups excluding carboxylic acids is 1. The van der Waals surface area contributed by atoms with E-state index >= 15 is 0 Å². The molecule has 1 saturated heterocycles. The van der Waals surface area contributed by atoms with E-state index < -0.39 is 0 Å². The van der Waals surface area contributed by atoms with E-state index in [1.165, 1.54) is 11.3 Å². The van der Waals surface area contributed by atoms with Crippen LogP contribution in [0.1, 0.15) is 42.9 Å². The van der Waals surface area contributed by atoms with Crippen LogP contribution >= 0.6 is 38.9 Å². The average Bonchev–Trinajstić information content (AvgIpc) is 3.57. The molecule has 0 saturated carbocycles. The number of carbonyl (C=O) groups is 1. The van der Waals surface area contributed by atoms with Gasteiger partial charge in [-0.05, 0) is 57.0 Å². The first kappa shape index (κ1) is 24.6. The van der Waals surface area contributed by atoms with Crippen molar-refractivity contribution in [1.29, 1.82) is 0 Å². The zero-order chi connectivity index (χ0) is 24.5. The number of nitrogens with one attached hydrogen (secondary N) is 1. The van der Waals surface area contributed by atoms with E-state index in [1.807, 2.05) is 36.4 Å². The van der Waals surface area contributed by atoms with Crippen molar-refractivity contribution in [3.63, 3.8) is 0 Å². The summed E-state index contributed by atoms with van der Waals surface area (Å²) in [5, 5.41) is 8.57. The molecule has 0 bridgehead atoms. The van der Waals surface area contributed by atoms with Gasteiger partial charge in [-0.3, -0.25) is 4.79 Å². The van der Waals surface area contributed by atoms with Crippen molar-refractivity contribution in [2.24, 2.45) is 0 Å². The van der Waals surface area contributed by atoms with Gasteiger partial charge < -0.3 is 19.3 Å². The van der Waals surface area contributed by atoms with Crippen LogP contribution in [-0.2, 0) is 13.0 Å². The summed E-state index contributed by atoms with van der Waals surface area (Å²) < 4.78 is 9.33. The minimum absolute atomic E-state index is 0.0230. The number of aromatic nitrogens is 2. The Hall–Kier alpha value is -2.13. The first-order valence-corrected chi connectivity index (χ1v) is 13.9. The van der Waals surface area contributed by atoms with Crippen molar-refractivity contribution < 1.29 is 9.32 Å². The molecule has 35 heavy (non-hydrogen) atoms. The lowest BCUT2D eigenvalue weighted by Crippen LogP contribution is -2.46. The minimum atomic E-state index is -0.0230. The Morgan fingerprint density at radius 3 is 2.77 bits per heavy atom. The lowest BCUT2D eigenvalue weighted by atomic mass is 10.0. The number of hydrogen-bond acceptors (Lipinski definition) is 5. The Morgan fingerprint density at radius 1 is 1.26 bits per heavy atom. The number of aryl methyl sites for hydroxylation is 2. The van der Waals surface area contributed by atoms with E-state index in [1.54, 1.807) is 0 Å². The first-order chi connectivity index (χ1) is 16.9. The molecule has 4 heterocycles. The van der Waals surface area contributed by atoms with E-state index in [2.05, 4.69) is 55.8 Å². The molecule has 4 aromatic rings. The topological polar surface area (TPSA) is 63.3 Å². The fourth-order valence-corrected chi connectivity index (χ4v) is 6.18. The van der Waals surface area contributed by atoms with Gasteiger partial charge >= 0.3 is 0 Å². The second kappa shape index (κ2) is 10.5. The molecule has 0 unspecified atom stereocenters. The summed E-state index contributed by atoms with van der Waals surface area (Å²) in [6.07, 6.45) is 2.59. The summed E-state index contributed by atoms with van der Waals surface area (Å²) in [7, 11) is 0. The zero-order valence-corrected chi connectivity index (χ0v) is 22.9. The zero-order valence-electron chi connectivity index (χ0n) is 19.8. The van der Waals surface area contributed by atoms with Gasteiger partial charge in [0.05, 0.1) is 14.9 Å². The van der Waals surface area contributed by atoms with Crippen molar-refractivity contribution in [2.45, 2.75) is 51.7 Å². The molecule has 0 spiro atoms. The van der Waals surface area contributed by atoms with Crippen molar-refractivity contribution >= 4 is 55.7 Å². The lowest BCUT2D eigenvalue weighted by Gasteiger charge is -2.34. The third-order valence-corrected chi connectivity index (χ3v) is 8.62. The van der Waals surface area contributed by atoms with Crippen LogP contribution in [0.5, 0.6) is 0 Å². The van der Waals surface area contributed by atoms with Gasteiger partial charge in [0, 0.05) is 59.6 Å². The molecule has 1 N–H and O–H groups in total. The summed E-state index contributed by atoms with van der Waals surface area (Å²) in [5.41, 5.74) is 2.54. The van der Waals surface area contributed by atoms with Crippen LogP contribution in [0, 0.1) is 0 Å². The number of rotatable bonds is 7. The van der Waals surface area contributed by atoms with E-state index in [0.717, 1.165) is 51.9 Å². The number of fused-ring (bicyclic) bond motifs is 1. The predicted molar refractivity (Wildman–Crippen MR) is 145 cm³/mol. The first-order valence-electron chi connectivity index (χ1n) is 11.9. The van der Waals surface area contributed by atoms with Crippen LogP contribution in [0.25, 0.3) is 21.5 Å². The lowest BCUT2D eigenvalue weighted by molar-refractivity contribution is 0.0891. The maximum absolute atomic E-state index is 13.4. The normalized spacial score (nSPS) is 15.3. The maximum Gasteiger partial charge on any atom is 0.268 e. The fourth-order valence-electron chi connectivity index (χ4n) is 4.72. The Morgan fingerprint density at radius 2 is 2.06 bits per heavy atom. The van der Waals surface area contributed by atoms with Gasteiger partial charge in [0.25, 0.3) is 5.91 Å². The fraction of sp³-hybridized carbons (Fsp3) is 0.385. The molecule has 0 aliphatic carbocycles. The number of piperidine rings is 1. The van der Waals surface area contributed by atoms with Crippen LogP contribution in [0.2, 0.25) is 4.34 Å². The van der Waals surface area contributed by atoms with E-state index in [0.29, 0.717) is 34.8 Å². The number of hydrogen-bond donors (Lipinski definition) is 1. The summed E-state index contributed by atoms with van der Waals surface area (Å²) in [6.45, 7) is 7.10. The van der Waals surface area contributed by atoms with Crippen molar-refractivity contribution in [2.75, 3.05) is 13.1 Å². The third kappa shape index (κ3) is 5.35. The summed E-state index contributed by atoms with van der Waals surface area (Å²) >= 11 is 11.2. The minimum Gasteiger partial charge on any atom is -0.355 e. The van der Waals surface area contributed by atoms with Crippen LogP contribution in [0.3, 0.4) is 0 Å². The Kier molecular flexibility index (Phi) is 7.34. The largest absolute Gasteiger partial charge is 0.355 e. The average molecular weight is 576 g/mol. The predicted octanol–water partition coefficient (Wildman–Crippen LogP) is 6.62. The number of likely N-dealkylation sites (tertiary alicyclic amines) is 1. The summed E-state index contributed by atoms with van der Waals surface area (Å²) in [6, 6.07) is 14.5. The third-order valence-electron chi connectivity index (χ3n) is 6.69. The van der Waals surface area contributed by atoms with Gasteiger partial charge in [-0.25, -0.2) is 0 Å². The van der Waals surface area contributed by atoms with Crippen LogP contribution in [-0.4, -0.2) is 45.7 Å². The van der Waals surface area contributed by atoms with Gasteiger partial charge in [0.15, 0.2) is 5.76 Å². The van der Waals surface area contributed by atoms with Crippen LogP contribution in [0.4, 0.5) is 0 Å². The number of amides is 1. The number of nitrogens with zero attached hydrogens (tertiary/aromatic N) is 3. The molecule has 5 rings (SSSR count). The number of halogens is 2. The molecule has 1 aromatic carbocycles. The van der Waals surface area contributed by atoms with Gasteiger partial charge in [0.2, 0.25) is 0 Å². The van der Waals surface area contributed by atoms with E-state index in [9.17, 15) is 4.79 Å². The van der Waals surface area contributed by atoms with Crippen LogP contribution in [0.15, 0.2) is 51.5 Å².